The zero-order chi connectivity index (χ0) is 25.0. The van der Waals surface area contributed by atoms with E-state index in [1.54, 1.807) is 17.5 Å². The summed E-state index contributed by atoms with van der Waals surface area (Å²) in [6.07, 6.45) is 5.71. The standard InChI is InChI=1S/C26H35N5O3S/c1-18(2)9-12-26(24(33)31(25(34)29-26)16-21-6-4-5-13-27-21)20-10-14-30(15-11-20)23(32)8-7-22-19(3)28-17-35-22/h4-6,13,17-18,20H,7-12,14-16H2,1-3H3,(H,29,34). The monoisotopic (exact) mass is 497 g/mol. The van der Waals surface area contributed by atoms with Gasteiger partial charge in [-0.05, 0) is 63.0 Å². The van der Waals surface area contributed by atoms with Gasteiger partial charge in [0.05, 0.1) is 23.4 Å². The van der Waals surface area contributed by atoms with E-state index in [1.165, 1.54) is 4.90 Å². The molecule has 4 rings (SSSR count). The number of urea groups is 1. The van der Waals surface area contributed by atoms with Crippen molar-refractivity contribution in [2.24, 2.45) is 11.8 Å². The molecule has 0 aliphatic carbocycles. The van der Waals surface area contributed by atoms with Gasteiger partial charge in [0.2, 0.25) is 5.91 Å². The van der Waals surface area contributed by atoms with Gasteiger partial charge in [-0.1, -0.05) is 19.9 Å². The molecule has 2 aromatic rings. The molecule has 0 aromatic carbocycles. The minimum Gasteiger partial charge on any atom is -0.343 e. The van der Waals surface area contributed by atoms with Gasteiger partial charge in [-0.15, -0.1) is 11.3 Å². The number of carbonyl (C=O) groups is 3. The smallest absolute Gasteiger partial charge is 0.325 e. The number of thiazole rings is 1. The normalized spacial score (nSPS) is 21.1. The number of likely N-dealkylation sites (tertiary alicyclic amines) is 1. The average molecular weight is 498 g/mol. The number of carbonyl (C=O) groups excluding carboxylic acids is 3. The number of aryl methyl sites for hydroxylation is 2. The van der Waals surface area contributed by atoms with Gasteiger partial charge in [-0.2, -0.15) is 0 Å². The summed E-state index contributed by atoms with van der Waals surface area (Å²) in [5, 5.41) is 3.11. The summed E-state index contributed by atoms with van der Waals surface area (Å²) in [7, 11) is 0. The summed E-state index contributed by atoms with van der Waals surface area (Å²) in [6.45, 7) is 7.63. The van der Waals surface area contributed by atoms with Gasteiger partial charge >= 0.3 is 6.03 Å². The zero-order valence-electron chi connectivity index (χ0n) is 20.8. The maximum Gasteiger partial charge on any atom is 0.325 e. The van der Waals surface area contributed by atoms with Gasteiger partial charge in [-0.25, -0.2) is 9.78 Å². The Morgan fingerprint density at radius 1 is 1.23 bits per heavy atom. The van der Waals surface area contributed by atoms with Crippen molar-refractivity contribution in [1.29, 1.82) is 0 Å². The molecule has 0 bridgehead atoms. The van der Waals surface area contributed by atoms with Gasteiger partial charge in [0.15, 0.2) is 0 Å². The maximum atomic E-state index is 13.8. The van der Waals surface area contributed by atoms with Crippen LogP contribution >= 0.6 is 11.3 Å². The molecule has 2 aromatic heterocycles. The molecule has 0 radical (unpaired) electrons. The highest BCUT2D eigenvalue weighted by Crippen LogP contribution is 2.38. The summed E-state index contributed by atoms with van der Waals surface area (Å²) in [5.74, 6) is 0.405. The largest absolute Gasteiger partial charge is 0.343 e. The number of rotatable bonds is 9. The maximum absolute atomic E-state index is 13.8. The van der Waals surface area contributed by atoms with Crippen LogP contribution in [0, 0.1) is 18.8 Å². The Morgan fingerprint density at radius 2 is 2.00 bits per heavy atom. The van der Waals surface area contributed by atoms with Crippen LogP contribution < -0.4 is 5.32 Å². The molecule has 2 saturated heterocycles. The van der Waals surface area contributed by atoms with Crippen molar-refractivity contribution in [3.63, 3.8) is 0 Å². The first-order chi connectivity index (χ1) is 16.8. The first-order valence-electron chi connectivity index (χ1n) is 12.5. The van der Waals surface area contributed by atoms with Gasteiger partial charge < -0.3 is 10.2 Å². The fourth-order valence-corrected chi connectivity index (χ4v) is 5.96. The van der Waals surface area contributed by atoms with Crippen molar-refractivity contribution in [2.45, 2.75) is 71.4 Å². The van der Waals surface area contributed by atoms with E-state index in [0.717, 1.165) is 17.0 Å². The summed E-state index contributed by atoms with van der Waals surface area (Å²) in [5.41, 5.74) is 2.60. The summed E-state index contributed by atoms with van der Waals surface area (Å²) >= 11 is 1.59. The SMILES string of the molecule is Cc1ncsc1CCC(=O)N1CCC(C2(CCC(C)C)NC(=O)N(Cc3ccccn3)C2=O)CC1. The number of piperidine rings is 1. The minimum atomic E-state index is -0.912. The van der Waals surface area contributed by atoms with E-state index in [9.17, 15) is 14.4 Å². The molecule has 2 fully saturated rings. The number of imide groups is 1. The molecule has 0 spiro atoms. The lowest BCUT2D eigenvalue weighted by Gasteiger charge is -2.41. The lowest BCUT2D eigenvalue weighted by molar-refractivity contribution is -0.136. The van der Waals surface area contributed by atoms with Gasteiger partial charge in [0.25, 0.3) is 5.91 Å². The molecule has 35 heavy (non-hydrogen) atoms. The summed E-state index contributed by atoms with van der Waals surface area (Å²) in [6, 6.07) is 5.15. The van der Waals surface area contributed by atoms with E-state index in [4.69, 9.17) is 0 Å². The fourth-order valence-electron chi connectivity index (χ4n) is 5.18. The van der Waals surface area contributed by atoms with Crippen molar-refractivity contribution in [3.8, 4) is 0 Å². The first kappa shape index (κ1) is 25.3. The molecule has 2 aliphatic rings. The third kappa shape index (κ3) is 5.55. The second-order valence-corrected chi connectivity index (χ2v) is 11.0. The molecule has 9 heteroatoms. The second kappa shape index (κ2) is 10.8. The van der Waals surface area contributed by atoms with Gasteiger partial charge in [-0.3, -0.25) is 19.5 Å². The van der Waals surface area contributed by atoms with Gasteiger partial charge in [0.1, 0.15) is 5.54 Å². The highest BCUT2D eigenvalue weighted by Gasteiger charge is 2.55. The number of hydrogen-bond donors (Lipinski definition) is 1. The molecule has 4 amide bonds. The minimum absolute atomic E-state index is 0.000719. The van der Waals surface area contributed by atoms with Crippen LogP contribution in [0.15, 0.2) is 29.9 Å². The zero-order valence-corrected chi connectivity index (χ0v) is 21.6. The number of aromatic nitrogens is 2. The lowest BCUT2D eigenvalue weighted by atomic mass is 9.73. The molecule has 0 saturated carbocycles. The van der Waals surface area contributed by atoms with Crippen LogP contribution in [0.3, 0.4) is 0 Å². The van der Waals surface area contributed by atoms with Crippen molar-refractivity contribution in [2.75, 3.05) is 13.1 Å². The van der Waals surface area contributed by atoms with E-state index in [0.29, 0.717) is 56.8 Å². The number of nitrogens with zero attached hydrogens (tertiary/aromatic N) is 4. The van der Waals surface area contributed by atoms with Crippen LogP contribution in [0.5, 0.6) is 0 Å². The van der Waals surface area contributed by atoms with Crippen LogP contribution in [0.25, 0.3) is 0 Å². The van der Waals surface area contributed by atoms with Gasteiger partial charge in [0, 0.05) is 30.6 Å². The predicted molar refractivity (Wildman–Crippen MR) is 135 cm³/mol. The predicted octanol–water partition coefficient (Wildman–Crippen LogP) is 3.94. The Bertz CT molecular complexity index is 1050. The average Bonchev–Trinajstić information content (AvgIpc) is 3.38. The number of pyridine rings is 1. The van der Waals surface area contributed by atoms with E-state index in [2.05, 4.69) is 29.1 Å². The molecule has 8 nitrogen and oxygen atoms in total. The number of nitrogens with one attached hydrogen (secondary N) is 1. The van der Waals surface area contributed by atoms with Crippen LogP contribution in [-0.2, 0) is 22.6 Å². The van der Waals surface area contributed by atoms with Crippen LogP contribution in [0.1, 0.15) is 62.2 Å². The van der Waals surface area contributed by atoms with E-state index >= 15 is 0 Å². The molecule has 2 aliphatic heterocycles. The Balaban J connectivity index is 1.43. The van der Waals surface area contributed by atoms with Crippen molar-refractivity contribution in [3.05, 3.63) is 46.2 Å². The van der Waals surface area contributed by atoms with E-state index in [1.807, 2.05) is 35.5 Å². The van der Waals surface area contributed by atoms with Crippen molar-refractivity contribution >= 4 is 29.2 Å². The number of hydrogen-bond acceptors (Lipinski definition) is 6. The molecule has 1 atom stereocenters. The Morgan fingerprint density at radius 3 is 2.63 bits per heavy atom. The quantitative estimate of drug-likeness (QED) is 0.530. The molecular formula is C26H35N5O3S. The third-order valence-electron chi connectivity index (χ3n) is 7.32. The fraction of sp³-hybridized carbons (Fsp3) is 0.577. The lowest BCUT2D eigenvalue weighted by Crippen LogP contribution is -2.56. The van der Waals surface area contributed by atoms with E-state index < -0.39 is 5.54 Å². The van der Waals surface area contributed by atoms with Crippen LogP contribution in [-0.4, -0.2) is 56.2 Å². The molecule has 188 valence electrons. The Labute approximate surface area is 211 Å². The molecular weight excluding hydrogens is 462 g/mol. The molecule has 1 unspecified atom stereocenters. The second-order valence-electron chi connectivity index (χ2n) is 10.1. The topological polar surface area (TPSA) is 95.5 Å². The third-order valence-corrected chi connectivity index (χ3v) is 8.31. The van der Waals surface area contributed by atoms with Crippen molar-refractivity contribution < 1.29 is 14.4 Å². The summed E-state index contributed by atoms with van der Waals surface area (Å²) < 4.78 is 0. The molecule has 4 heterocycles. The van der Waals surface area contributed by atoms with Crippen molar-refractivity contribution in [1.82, 2.24) is 25.1 Å². The highest BCUT2D eigenvalue weighted by molar-refractivity contribution is 7.09. The Kier molecular flexibility index (Phi) is 7.84. The highest BCUT2D eigenvalue weighted by atomic mass is 32.1. The van der Waals surface area contributed by atoms with Crippen LogP contribution in [0.4, 0.5) is 4.79 Å². The van der Waals surface area contributed by atoms with E-state index in [-0.39, 0.29) is 30.3 Å². The Hall–Kier alpha value is -2.81. The first-order valence-corrected chi connectivity index (χ1v) is 13.4. The number of amides is 4. The molecule has 1 N–H and O–H groups in total. The van der Waals surface area contributed by atoms with Crippen LogP contribution in [0.2, 0.25) is 0 Å². The summed E-state index contributed by atoms with van der Waals surface area (Å²) in [4.78, 5) is 52.6.